The molecular formula is C15H14N2O7. The molecular weight excluding hydrogens is 320 g/mol. The Hall–Kier alpha value is -2.78. The topological polar surface area (TPSA) is 111 Å². The molecule has 126 valence electrons. The monoisotopic (exact) mass is 334 g/mol. The Morgan fingerprint density at radius 1 is 1.08 bits per heavy atom. The Labute approximate surface area is 136 Å². The van der Waals surface area contributed by atoms with Gasteiger partial charge >= 0.3 is 11.9 Å². The Kier molecular flexibility index (Phi) is 3.82. The lowest BCUT2D eigenvalue weighted by atomic mass is 9.82. The number of methoxy groups -OCH3 is 2. The number of nitrogens with one attached hydrogen (secondary N) is 1. The van der Waals surface area contributed by atoms with Crippen molar-refractivity contribution in [3.63, 3.8) is 0 Å². The van der Waals surface area contributed by atoms with Crippen LogP contribution in [-0.4, -0.2) is 49.6 Å². The lowest BCUT2D eigenvalue weighted by molar-refractivity contribution is -0.169. The van der Waals surface area contributed by atoms with E-state index in [1.807, 2.05) is 0 Å². The number of ether oxygens (including phenoxy) is 2. The number of carbonyl (C=O) groups is 4. The van der Waals surface area contributed by atoms with Crippen LogP contribution < -0.4 is 10.4 Å². The molecule has 9 nitrogen and oxygen atoms in total. The minimum Gasteiger partial charge on any atom is -0.467 e. The van der Waals surface area contributed by atoms with E-state index < -0.39 is 41.3 Å². The molecule has 0 bridgehead atoms. The fourth-order valence-electron chi connectivity index (χ4n) is 2.97. The number of esters is 2. The molecule has 2 heterocycles. The van der Waals surface area contributed by atoms with E-state index in [4.69, 9.17) is 4.84 Å². The molecule has 1 N–H and O–H groups in total. The minimum absolute atomic E-state index is 0.314. The van der Waals surface area contributed by atoms with E-state index in [1.165, 1.54) is 0 Å². The first-order valence-electron chi connectivity index (χ1n) is 7.01. The fraction of sp³-hybridized carbons (Fsp3) is 0.333. The molecule has 2 fully saturated rings. The predicted molar refractivity (Wildman–Crippen MR) is 77.2 cm³/mol. The van der Waals surface area contributed by atoms with Gasteiger partial charge in [0.05, 0.1) is 19.9 Å². The number of amides is 2. The lowest BCUT2D eigenvalue weighted by Gasteiger charge is -2.26. The zero-order valence-electron chi connectivity index (χ0n) is 12.8. The lowest BCUT2D eigenvalue weighted by Crippen LogP contribution is -2.61. The summed E-state index contributed by atoms with van der Waals surface area (Å²) in [5.74, 6) is -5.00. The maximum absolute atomic E-state index is 12.8. The highest BCUT2D eigenvalue weighted by atomic mass is 16.7. The largest absolute Gasteiger partial charge is 0.467 e. The van der Waals surface area contributed by atoms with Crippen LogP contribution in [0.15, 0.2) is 30.3 Å². The van der Waals surface area contributed by atoms with Crippen molar-refractivity contribution in [3.8, 4) is 0 Å². The zero-order chi connectivity index (χ0) is 17.5. The van der Waals surface area contributed by atoms with Crippen molar-refractivity contribution in [2.45, 2.75) is 11.6 Å². The highest BCUT2D eigenvalue weighted by molar-refractivity contribution is 6.27. The SMILES string of the molecule is COC(=O)C1(C(=O)OC)NO[C@@H]2C(=O)N(c3ccccc3)C(=O)[C@H]21. The maximum Gasteiger partial charge on any atom is 0.341 e. The molecule has 2 aliphatic heterocycles. The smallest absolute Gasteiger partial charge is 0.341 e. The molecule has 2 aliphatic rings. The van der Waals surface area contributed by atoms with Crippen LogP contribution in [0.5, 0.6) is 0 Å². The second kappa shape index (κ2) is 5.69. The van der Waals surface area contributed by atoms with Gasteiger partial charge in [0.2, 0.25) is 5.91 Å². The van der Waals surface area contributed by atoms with Crippen LogP contribution in [0.25, 0.3) is 0 Å². The van der Waals surface area contributed by atoms with Crippen molar-refractivity contribution < 1.29 is 33.5 Å². The molecule has 0 radical (unpaired) electrons. The van der Waals surface area contributed by atoms with Gasteiger partial charge in [-0.1, -0.05) is 18.2 Å². The van der Waals surface area contributed by atoms with Gasteiger partial charge in [-0.05, 0) is 12.1 Å². The highest BCUT2D eigenvalue weighted by Gasteiger charge is 2.71. The fourth-order valence-corrected chi connectivity index (χ4v) is 2.97. The van der Waals surface area contributed by atoms with E-state index in [0.29, 0.717) is 5.69 Å². The van der Waals surface area contributed by atoms with Gasteiger partial charge in [0, 0.05) is 0 Å². The number of fused-ring (bicyclic) bond motifs is 1. The van der Waals surface area contributed by atoms with E-state index in [0.717, 1.165) is 19.1 Å². The molecule has 2 atom stereocenters. The summed E-state index contributed by atoms with van der Waals surface area (Å²) in [6, 6.07) is 8.14. The molecule has 9 heteroatoms. The van der Waals surface area contributed by atoms with Crippen molar-refractivity contribution in [2.75, 3.05) is 19.1 Å². The van der Waals surface area contributed by atoms with Gasteiger partial charge in [0.25, 0.3) is 11.4 Å². The third-order valence-electron chi connectivity index (χ3n) is 4.10. The van der Waals surface area contributed by atoms with Crippen LogP contribution in [-0.2, 0) is 33.5 Å². The number of carbonyl (C=O) groups excluding carboxylic acids is 4. The average Bonchev–Trinajstić information content (AvgIpc) is 3.12. The van der Waals surface area contributed by atoms with Gasteiger partial charge in [-0.3, -0.25) is 14.4 Å². The van der Waals surface area contributed by atoms with Crippen molar-refractivity contribution in [2.24, 2.45) is 5.92 Å². The summed E-state index contributed by atoms with van der Waals surface area (Å²) in [7, 11) is 2.11. The summed E-state index contributed by atoms with van der Waals surface area (Å²) < 4.78 is 9.26. The Morgan fingerprint density at radius 3 is 2.21 bits per heavy atom. The molecule has 1 aromatic rings. The number of hydrogen-bond acceptors (Lipinski definition) is 8. The van der Waals surface area contributed by atoms with Gasteiger partial charge in [0.1, 0.15) is 5.92 Å². The number of rotatable bonds is 3. The zero-order valence-corrected chi connectivity index (χ0v) is 12.8. The Balaban J connectivity index is 2.08. The maximum atomic E-state index is 12.8. The van der Waals surface area contributed by atoms with E-state index in [-0.39, 0.29) is 0 Å². The van der Waals surface area contributed by atoms with Crippen LogP contribution >= 0.6 is 0 Å². The predicted octanol–water partition coefficient (Wildman–Crippen LogP) is -0.836. The van der Waals surface area contributed by atoms with Crippen LogP contribution in [0.2, 0.25) is 0 Å². The number of benzene rings is 1. The second-order valence-electron chi connectivity index (χ2n) is 5.26. The molecule has 0 aromatic heterocycles. The van der Waals surface area contributed by atoms with Crippen LogP contribution in [0.4, 0.5) is 5.69 Å². The number of hydrogen-bond donors (Lipinski definition) is 1. The number of hydroxylamine groups is 1. The third-order valence-corrected chi connectivity index (χ3v) is 4.10. The molecule has 0 saturated carbocycles. The Morgan fingerprint density at radius 2 is 1.67 bits per heavy atom. The normalized spacial score (nSPS) is 24.7. The molecule has 24 heavy (non-hydrogen) atoms. The number of para-hydroxylation sites is 1. The molecule has 1 aromatic carbocycles. The van der Waals surface area contributed by atoms with Gasteiger partial charge < -0.3 is 9.47 Å². The first-order chi connectivity index (χ1) is 11.5. The molecule has 2 saturated heterocycles. The number of imide groups is 1. The average molecular weight is 334 g/mol. The summed E-state index contributed by atoms with van der Waals surface area (Å²) in [5, 5.41) is 0. The van der Waals surface area contributed by atoms with Gasteiger partial charge in [-0.25, -0.2) is 14.5 Å². The highest BCUT2D eigenvalue weighted by Crippen LogP contribution is 2.40. The number of nitrogens with zero attached hydrogens (tertiary/aromatic N) is 1. The van der Waals surface area contributed by atoms with E-state index in [1.54, 1.807) is 30.3 Å². The first-order valence-corrected chi connectivity index (χ1v) is 7.01. The molecule has 2 amide bonds. The second-order valence-corrected chi connectivity index (χ2v) is 5.26. The standard InChI is InChI=1S/C15H14N2O7/c1-22-13(20)15(14(21)23-2)9-10(24-16-15)12(19)17(11(9)18)8-6-4-3-5-7-8/h3-7,9-10,16H,1-2H3/t9-,10-/m0/s1. The molecule has 3 rings (SSSR count). The quantitative estimate of drug-likeness (QED) is 0.433. The number of anilines is 1. The Bertz CT molecular complexity index is 702. The van der Waals surface area contributed by atoms with Crippen molar-refractivity contribution in [1.82, 2.24) is 5.48 Å². The molecule has 0 spiro atoms. The molecule has 0 unspecified atom stereocenters. The van der Waals surface area contributed by atoms with Crippen LogP contribution in [0.1, 0.15) is 0 Å². The summed E-state index contributed by atoms with van der Waals surface area (Å²) in [4.78, 5) is 55.8. The summed E-state index contributed by atoms with van der Waals surface area (Å²) in [5.41, 5.74) is 0.271. The van der Waals surface area contributed by atoms with Gasteiger partial charge in [-0.15, -0.1) is 0 Å². The van der Waals surface area contributed by atoms with Gasteiger partial charge in [0.15, 0.2) is 6.10 Å². The van der Waals surface area contributed by atoms with Crippen molar-refractivity contribution >= 4 is 29.4 Å². The summed E-state index contributed by atoms with van der Waals surface area (Å²) in [6.07, 6.45) is -1.34. The van der Waals surface area contributed by atoms with Crippen molar-refractivity contribution in [3.05, 3.63) is 30.3 Å². The van der Waals surface area contributed by atoms with Gasteiger partial charge in [-0.2, -0.15) is 5.48 Å². The third kappa shape index (κ3) is 1.95. The molecule has 0 aliphatic carbocycles. The van der Waals surface area contributed by atoms with E-state index in [2.05, 4.69) is 15.0 Å². The van der Waals surface area contributed by atoms with Crippen molar-refractivity contribution in [1.29, 1.82) is 0 Å². The van der Waals surface area contributed by atoms with Crippen LogP contribution in [0, 0.1) is 5.92 Å². The van der Waals surface area contributed by atoms with Crippen LogP contribution in [0.3, 0.4) is 0 Å². The minimum atomic E-state index is -2.23. The summed E-state index contributed by atoms with van der Waals surface area (Å²) in [6.45, 7) is 0. The van der Waals surface area contributed by atoms with E-state index >= 15 is 0 Å². The summed E-state index contributed by atoms with van der Waals surface area (Å²) >= 11 is 0. The van der Waals surface area contributed by atoms with E-state index in [9.17, 15) is 19.2 Å². The first kappa shape index (κ1) is 16.1.